The second-order valence-corrected chi connectivity index (χ2v) is 9.08. The topological polar surface area (TPSA) is 88.2 Å². The molecule has 9 heteroatoms. The molecule has 136 valence electrons. The third-order valence-corrected chi connectivity index (χ3v) is 5.13. The van der Waals surface area contributed by atoms with Gasteiger partial charge in [-0.1, -0.05) is 37.6 Å². The van der Waals surface area contributed by atoms with Crippen LogP contribution in [0.1, 0.15) is 31.1 Å². The average Bonchev–Trinajstić information content (AvgIpc) is 2.90. The van der Waals surface area contributed by atoms with Gasteiger partial charge in [0.2, 0.25) is 15.9 Å². The van der Waals surface area contributed by atoms with Gasteiger partial charge in [-0.15, -0.1) is 11.3 Å². The molecule has 1 heterocycles. The van der Waals surface area contributed by atoms with Gasteiger partial charge in [0, 0.05) is 10.4 Å². The number of benzene rings is 1. The van der Waals surface area contributed by atoms with Crippen molar-refractivity contribution < 1.29 is 13.2 Å². The van der Waals surface area contributed by atoms with Crippen molar-refractivity contribution in [3.8, 4) is 0 Å². The van der Waals surface area contributed by atoms with Crippen molar-refractivity contribution >= 4 is 44.0 Å². The molecule has 1 amide bonds. The summed E-state index contributed by atoms with van der Waals surface area (Å²) >= 11 is 7.06. The zero-order chi connectivity index (χ0) is 18.6. The molecule has 0 bridgehead atoms. The number of halogens is 1. The molecule has 2 rings (SSSR count). The third kappa shape index (κ3) is 6.30. The Kier molecular flexibility index (Phi) is 6.42. The normalized spacial score (nSPS) is 12.8. The second-order valence-electron chi connectivity index (χ2n) is 6.04. The van der Waals surface area contributed by atoms with Gasteiger partial charge in [0.15, 0.2) is 5.13 Å². The number of amides is 1. The Morgan fingerprint density at radius 2 is 1.92 bits per heavy atom. The first-order valence-corrected chi connectivity index (χ1v) is 10.8. The lowest BCUT2D eigenvalue weighted by Crippen LogP contribution is -2.32. The molecule has 2 aromatic rings. The molecule has 1 atom stereocenters. The van der Waals surface area contributed by atoms with Crippen LogP contribution in [0.2, 0.25) is 5.02 Å². The second kappa shape index (κ2) is 8.16. The zero-order valence-corrected chi connectivity index (χ0v) is 16.5. The lowest BCUT2D eigenvalue weighted by molar-refractivity contribution is -0.121. The number of rotatable bonds is 7. The van der Waals surface area contributed by atoms with Gasteiger partial charge in [-0.3, -0.25) is 9.52 Å². The van der Waals surface area contributed by atoms with E-state index >= 15 is 0 Å². The van der Waals surface area contributed by atoms with Gasteiger partial charge < -0.3 is 5.32 Å². The summed E-state index contributed by atoms with van der Waals surface area (Å²) in [5.41, 5.74) is 1.50. The van der Waals surface area contributed by atoms with E-state index in [1.54, 1.807) is 17.5 Å². The Morgan fingerprint density at radius 1 is 1.28 bits per heavy atom. The SMILES string of the molecule is CC(C)[C@H](NC(=O)Cc1csc(NS(C)(=O)=O)n1)c1ccc(Cl)cc1. The van der Waals surface area contributed by atoms with Crippen molar-refractivity contribution in [3.63, 3.8) is 0 Å². The fraction of sp³-hybridized carbons (Fsp3) is 0.375. The molecular formula is C16H20ClN3O3S2. The first kappa shape index (κ1) is 19.7. The van der Waals surface area contributed by atoms with Crippen LogP contribution in [0.3, 0.4) is 0 Å². The van der Waals surface area contributed by atoms with Gasteiger partial charge in [-0.05, 0) is 23.6 Å². The summed E-state index contributed by atoms with van der Waals surface area (Å²) in [7, 11) is -3.38. The van der Waals surface area contributed by atoms with E-state index < -0.39 is 10.0 Å². The lowest BCUT2D eigenvalue weighted by atomic mass is 9.96. The first-order valence-electron chi connectivity index (χ1n) is 7.61. The van der Waals surface area contributed by atoms with Crippen molar-refractivity contribution in [2.45, 2.75) is 26.3 Å². The molecular weight excluding hydrogens is 382 g/mol. The Balaban J connectivity index is 2.03. The number of thiazole rings is 1. The monoisotopic (exact) mass is 401 g/mol. The number of anilines is 1. The zero-order valence-electron chi connectivity index (χ0n) is 14.1. The maximum Gasteiger partial charge on any atom is 0.231 e. The Morgan fingerprint density at radius 3 is 2.48 bits per heavy atom. The smallest absolute Gasteiger partial charge is 0.231 e. The van der Waals surface area contributed by atoms with Gasteiger partial charge in [0.1, 0.15) is 0 Å². The van der Waals surface area contributed by atoms with Gasteiger partial charge in [-0.25, -0.2) is 13.4 Å². The average molecular weight is 402 g/mol. The van der Waals surface area contributed by atoms with Crippen molar-refractivity contribution in [1.29, 1.82) is 0 Å². The maximum absolute atomic E-state index is 12.4. The number of nitrogens with zero attached hydrogens (tertiary/aromatic N) is 1. The van der Waals surface area contributed by atoms with Crippen LogP contribution >= 0.6 is 22.9 Å². The van der Waals surface area contributed by atoms with E-state index in [2.05, 4.69) is 15.0 Å². The fourth-order valence-electron chi connectivity index (χ4n) is 2.29. The largest absolute Gasteiger partial charge is 0.349 e. The quantitative estimate of drug-likeness (QED) is 0.745. The number of sulfonamides is 1. The molecule has 6 nitrogen and oxygen atoms in total. The Hall–Kier alpha value is -1.64. The van der Waals surface area contributed by atoms with E-state index in [1.807, 2.05) is 26.0 Å². The standard InChI is InChI=1S/C16H20ClN3O3S2/c1-10(2)15(11-4-6-12(17)7-5-11)19-14(21)8-13-9-24-16(18-13)20-25(3,22)23/h4-7,9-10,15H,8H2,1-3H3,(H,18,20)(H,19,21)/t15-/m0/s1. The summed E-state index contributed by atoms with van der Waals surface area (Å²) in [5, 5.41) is 5.57. The molecule has 1 aromatic heterocycles. The molecule has 0 aliphatic rings. The summed E-state index contributed by atoms with van der Waals surface area (Å²) in [6, 6.07) is 7.23. The minimum atomic E-state index is -3.38. The maximum atomic E-state index is 12.4. The van der Waals surface area contributed by atoms with Gasteiger partial charge in [0.05, 0.1) is 24.4 Å². The molecule has 0 aliphatic carbocycles. The number of carbonyl (C=O) groups excluding carboxylic acids is 1. The molecule has 0 radical (unpaired) electrons. The Bertz CT molecular complexity index is 833. The highest BCUT2D eigenvalue weighted by Gasteiger charge is 2.19. The van der Waals surface area contributed by atoms with Crippen LogP contribution in [0.4, 0.5) is 5.13 Å². The molecule has 1 aromatic carbocycles. The highest BCUT2D eigenvalue weighted by Crippen LogP contribution is 2.24. The number of hydrogen-bond donors (Lipinski definition) is 2. The van der Waals surface area contributed by atoms with Crippen LogP contribution in [0, 0.1) is 5.92 Å². The van der Waals surface area contributed by atoms with E-state index in [9.17, 15) is 13.2 Å². The predicted octanol–water partition coefficient (Wildman–Crippen LogP) is 3.22. The molecule has 0 saturated heterocycles. The number of carbonyl (C=O) groups is 1. The summed E-state index contributed by atoms with van der Waals surface area (Å²) in [6.07, 6.45) is 1.14. The Labute approximate surface area is 156 Å². The molecule has 0 saturated carbocycles. The van der Waals surface area contributed by atoms with Gasteiger partial charge in [-0.2, -0.15) is 0 Å². The van der Waals surface area contributed by atoms with Crippen LogP contribution in [-0.2, 0) is 21.2 Å². The van der Waals surface area contributed by atoms with Crippen LogP contribution in [0.5, 0.6) is 0 Å². The molecule has 0 spiro atoms. The minimum Gasteiger partial charge on any atom is -0.349 e. The number of hydrogen-bond acceptors (Lipinski definition) is 5. The summed E-state index contributed by atoms with van der Waals surface area (Å²) in [5.74, 6) is 0.0212. The van der Waals surface area contributed by atoms with Gasteiger partial charge in [0.25, 0.3) is 0 Å². The number of aromatic nitrogens is 1. The predicted molar refractivity (Wildman–Crippen MR) is 101 cm³/mol. The molecule has 2 N–H and O–H groups in total. The van der Waals surface area contributed by atoms with Crippen molar-refractivity contribution in [1.82, 2.24) is 10.3 Å². The van der Waals surface area contributed by atoms with E-state index in [0.29, 0.717) is 10.7 Å². The van der Waals surface area contributed by atoms with Crippen LogP contribution < -0.4 is 10.0 Å². The first-order chi connectivity index (χ1) is 11.6. The van der Waals surface area contributed by atoms with Crippen molar-refractivity contribution in [2.24, 2.45) is 5.92 Å². The summed E-state index contributed by atoms with van der Waals surface area (Å²) in [4.78, 5) is 16.5. The van der Waals surface area contributed by atoms with Crippen LogP contribution in [0.15, 0.2) is 29.6 Å². The summed E-state index contributed by atoms with van der Waals surface area (Å²) < 4.78 is 24.7. The fourth-order valence-corrected chi connectivity index (χ4v) is 3.98. The highest BCUT2D eigenvalue weighted by molar-refractivity contribution is 7.92. The van der Waals surface area contributed by atoms with E-state index in [-0.39, 0.29) is 29.4 Å². The van der Waals surface area contributed by atoms with Crippen molar-refractivity contribution in [3.05, 3.63) is 45.9 Å². The third-order valence-electron chi connectivity index (χ3n) is 3.38. The van der Waals surface area contributed by atoms with Crippen LogP contribution in [-0.4, -0.2) is 25.6 Å². The molecule has 0 aliphatic heterocycles. The van der Waals surface area contributed by atoms with Gasteiger partial charge >= 0.3 is 0 Å². The van der Waals surface area contributed by atoms with Crippen LogP contribution in [0.25, 0.3) is 0 Å². The lowest BCUT2D eigenvalue weighted by Gasteiger charge is -2.23. The highest BCUT2D eigenvalue weighted by atomic mass is 35.5. The summed E-state index contributed by atoms with van der Waals surface area (Å²) in [6.45, 7) is 4.05. The molecule has 0 unspecified atom stereocenters. The molecule has 25 heavy (non-hydrogen) atoms. The minimum absolute atomic E-state index is 0.0821. The number of nitrogens with one attached hydrogen (secondary N) is 2. The van der Waals surface area contributed by atoms with E-state index in [1.165, 1.54) is 0 Å². The van der Waals surface area contributed by atoms with E-state index in [4.69, 9.17) is 11.6 Å². The van der Waals surface area contributed by atoms with Crippen molar-refractivity contribution in [2.75, 3.05) is 11.0 Å². The molecule has 0 fully saturated rings. The van der Waals surface area contributed by atoms with E-state index in [0.717, 1.165) is 23.2 Å².